The zero-order valence-electron chi connectivity index (χ0n) is 11.6. The Labute approximate surface area is 134 Å². The predicted molar refractivity (Wildman–Crippen MR) is 83.9 cm³/mol. The van der Waals surface area contributed by atoms with Gasteiger partial charge in [0, 0.05) is 23.3 Å². The van der Waals surface area contributed by atoms with Crippen molar-refractivity contribution in [1.29, 1.82) is 0 Å². The molecule has 0 atom stereocenters. The van der Waals surface area contributed by atoms with Crippen molar-refractivity contribution in [3.63, 3.8) is 0 Å². The van der Waals surface area contributed by atoms with Gasteiger partial charge in [0.25, 0.3) is 5.91 Å². The third-order valence-electron chi connectivity index (χ3n) is 2.83. The van der Waals surface area contributed by atoms with Crippen LogP contribution in [0.5, 0.6) is 0 Å². The number of halogens is 2. The fourth-order valence-electron chi connectivity index (χ4n) is 1.76. The molecular weight excluding hydrogens is 322 g/mol. The second-order valence-electron chi connectivity index (χ2n) is 4.49. The highest BCUT2D eigenvalue weighted by Gasteiger charge is 2.12. The van der Waals surface area contributed by atoms with Gasteiger partial charge in [0.1, 0.15) is 5.69 Å². The summed E-state index contributed by atoms with van der Waals surface area (Å²) in [7, 11) is 0. The number of rotatable bonds is 4. The van der Waals surface area contributed by atoms with Crippen molar-refractivity contribution >= 4 is 33.8 Å². The van der Waals surface area contributed by atoms with E-state index in [-0.39, 0.29) is 11.4 Å². The van der Waals surface area contributed by atoms with E-state index in [0.29, 0.717) is 5.13 Å². The Balaban J connectivity index is 1.69. The summed E-state index contributed by atoms with van der Waals surface area (Å²) >= 11 is 1.24. The van der Waals surface area contributed by atoms with Crippen LogP contribution in [-0.2, 0) is 0 Å². The molecule has 2 N–H and O–H groups in total. The lowest BCUT2D eigenvalue weighted by molar-refractivity contribution is 0.102. The highest BCUT2D eigenvalue weighted by molar-refractivity contribution is 7.14. The van der Waals surface area contributed by atoms with Crippen molar-refractivity contribution in [2.24, 2.45) is 0 Å². The number of aromatic nitrogens is 2. The van der Waals surface area contributed by atoms with Crippen LogP contribution in [0.15, 0.2) is 48.1 Å². The van der Waals surface area contributed by atoms with Crippen LogP contribution in [0, 0.1) is 11.6 Å². The molecule has 0 radical (unpaired) electrons. The van der Waals surface area contributed by atoms with Gasteiger partial charge in [0.2, 0.25) is 0 Å². The fraction of sp³-hybridized carbons (Fsp3) is 0. The molecule has 0 aliphatic rings. The molecule has 0 saturated heterocycles. The quantitative estimate of drug-likeness (QED) is 0.762. The molecule has 1 aromatic carbocycles. The van der Waals surface area contributed by atoms with Crippen LogP contribution >= 0.6 is 11.3 Å². The number of carbonyl (C=O) groups is 1. The van der Waals surface area contributed by atoms with E-state index < -0.39 is 17.5 Å². The number of hydrogen-bond donors (Lipinski definition) is 2. The normalized spacial score (nSPS) is 10.3. The SMILES string of the molecule is O=C(Nc1ccc(F)c(F)c1)c1csc(Nc2cccnc2)n1. The van der Waals surface area contributed by atoms with Crippen LogP contribution in [-0.4, -0.2) is 15.9 Å². The van der Waals surface area contributed by atoms with Gasteiger partial charge in [-0.25, -0.2) is 13.8 Å². The highest BCUT2D eigenvalue weighted by atomic mass is 32.1. The third kappa shape index (κ3) is 3.67. The van der Waals surface area contributed by atoms with E-state index in [1.54, 1.807) is 23.8 Å². The van der Waals surface area contributed by atoms with E-state index in [1.807, 2.05) is 6.07 Å². The Hall–Kier alpha value is -2.87. The lowest BCUT2D eigenvalue weighted by atomic mass is 10.3. The molecule has 0 unspecified atom stereocenters. The lowest BCUT2D eigenvalue weighted by Gasteiger charge is -2.03. The van der Waals surface area contributed by atoms with Crippen LogP contribution in [0.1, 0.15) is 10.5 Å². The van der Waals surface area contributed by atoms with Crippen molar-refractivity contribution in [1.82, 2.24) is 9.97 Å². The van der Waals surface area contributed by atoms with Crippen molar-refractivity contribution in [3.05, 3.63) is 65.4 Å². The summed E-state index contributed by atoms with van der Waals surface area (Å²) in [5.74, 6) is -2.51. The van der Waals surface area contributed by atoms with Gasteiger partial charge in [-0.05, 0) is 24.3 Å². The third-order valence-corrected chi connectivity index (χ3v) is 3.58. The Morgan fingerprint density at radius 2 is 2.00 bits per heavy atom. The number of nitrogens with one attached hydrogen (secondary N) is 2. The molecule has 23 heavy (non-hydrogen) atoms. The van der Waals surface area contributed by atoms with E-state index in [0.717, 1.165) is 17.8 Å². The maximum atomic E-state index is 13.1. The lowest BCUT2D eigenvalue weighted by Crippen LogP contribution is -2.12. The number of anilines is 3. The van der Waals surface area contributed by atoms with Gasteiger partial charge in [-0.2, -0.15) is 0 Å². The number of amides is 1. The summed E-state index contributed by atoms with van der Waals surface area (Å²) in [6.07, 6.45) is 3.27. The summed E-state index contributed by atoms with van der Waals surface area (Å²) in [6, 6.07) is 6.72. The summed E-state index contributed by atoms with van der Waals surface area (Å²) < 4.78 is 26.0. The van der Waals surface area contributed by atoms with Crippen molar-refractivity contribution in [2.75, 3.05) is 10.6 Å². The number of nitrogens with zero attached hydrogens (tertiary/aromatic N) is 2. The largest absolute Gasteiger partial charge is 0.330 e. The van der Waals surface area contributed by atoms with Gasteiger partial charge in [-0.1, -0.05) is 0 Å². The number of benzene rings is 1. The Bertz CT molecular complexity index is 839. The maximum absolute atomic E-state index is 13.1. The van der Waals surface area contributed by atoms with Crippen LogP contribution in [0.2, 0.25) is 0 Å². The minimum atomic E-state index is -1.03. The molecule has 0 aliphatic heterocycles. The molecule has 0 saturated carbocycles. The first-order chi connectivity index (χ1) is 11.1. The molecule has 116 valence electrons. The van der Waals surface area contributed by atoms with Gasteiger partial charge in [-0.15, -0.1) is 11.3 Å². The minimum absolute atomic E-state index is 0.156. The van der Waals surface area contributed by atoms with Crippen molar-refractivity contribution in [3.8, 4) is 0 Å². The molecule has 3 rings (SSSR count). The number of thiazole rings is 1. The number of hydrogen-bond acceptors (Lipinski definition) is 5. The smallest absolute Gasteiger partial charge is 0.275 e. The molecule has 2 aromatic heterocycles. The first-order valence-corrected chi connectivity index (χ1v) is 7.39. The van der Waals surface area contributed by atoms with Gasteiger partial charge in [0.05, 0.1) is 11.9 Å². The van der Waals surface area contributed by atoms with Gasteiger partial charge >= 0.3 is 0 Å². The van der Waals surface area contributed by atoms with Crippen LogP contribution in [0.25, 0.3) is 0 Å². The zero-order chi connectivity index (χ0) is 16.2. The number of carbonyl (C=O) groups excluding carboxylic acids is 1. The second kappa shape index (κ2) is 6.49. The average Bonchev–Trinajstić information content (AvgIpc) is 3.00. The molecule has 1 amide bonds. The summed E-state index contributed by atoms with van der Waals surface area (Å²) in [5.41, 5.74) is 1.07. The van der Waals surface area contributed by atoms with Crippen molar-refractivity contribution in [2.45, 2.75) is 0 Å². The highest BCUT2D eigenvalue weighted by Crippen LogP contribution is 2.21. The Morgan fingerprint density at radius 3 is 2.74 bits per heavy atom. The first-order valence-electron chi connectivity index (χ1n) is 6.51. The maximum Gasteiger partial charge on any atom is 0.275 e. The van der Waals surface area contributed by atoms with Gasteiger partial charge in [-0.3, -0.25) is 9.78 Å². The van der Waals surface area contributed by atoms with Gasteiger partial charge < -0.3 is 10.6 Å². The molecule has 0 fully saturated rings. The molecule has 3 aromatic rings. The fourth-order valence-corrected chi connectivity index (χ4v) is 2.48. The topological polar surface area (TPSA) is 66.9 Å². The van der Waals surface area contributed by atoms with Crippen molar-refractivity contribution < 1.29 is 13.6 Å². The molecule has 8 heteroatoms. The van der Waals surface area contributed by atoms with Crippen LogP contribution < -0.4 is 10.6 Å². The molecule has 0 aliphatic carbocycles. The predicted octanol–water partition coefficient (Wildman–Crippen LogP) is 3.81. The number of pyridine rings is 1. The molecule has 5 nitrogen and oxygen atoms in total. The summed E-state index contributed by atoms with van der Waals surface area (Å²) in [5, 5.41) is 7.56. The second-order valence-corrected chi connectivity index (χ2v) is 5.35. The molecule has 0 bridgehead atoms. The van der Waals surface area contributed by atoms with E-state index in [2.05, 4.69) is 20.6 Å². The Morgan fingerprint density at radius 1 is 1.13 bits per heavy atom. The standard InChI is InChI=1S/C15H10F2N4OS/c16-11-4-3-9(6-12(11)17)19-14(22)13-8-23-15(21-13)20-10-2-1-5-18-7-10/h1-8H,(H,19,22)(H,20,21). The van der Waals surface area contributed by atoms with Crippen LogP contribution in [0.4, 0.5) is 25.3 Å². The van der Waals surface area contributed by atoms with Crippen LogP contribution in [0.3, 0.4) is 0 Å². The molecule has 2 heterocycles. The first kappa shape index (κ1) is 15.0. The van der Waals surface area contributed by atoms with E-state index in [1.165, 1.54) is 17.4 Å². The van der Waals surface area contributed by atoms with Gasteiger partial charge in [0.15, 0.2) is 16.8 Å². The molecular formula is C15H10F2N4OS. The zero-order valence-corrected chi connectivity index (χ0v) is 12.4. The summed E-state index contributed by atoms with van der Waals surface area (Å²) in [4.78, 5) is 20.2. The summed E-state index contributed by atoms with van der Waals surface area (Å²) in [6.45, 7) is 0. The van der Waals surface area contributed by atoms with E-state index in [9.17, 15) is 13.6 Å². The minimum Gasteiger partial charge on any atom is -0.330 e. The van der Waals surface area contributed by atoms with E-state index in [4.69, 9.17) is 0 Å². The Kier molecular flexibility index (Phi) is 4.24. The molecule has 0 spiro atoms. The monoisotopic (exact) mass is 332 g/mol. The average molecular weight is 332 g/mol. The van der Waals surface area contributed by atoms with E-state index >= 15 is 0 Å².